The quantitative estimate of drug-likeness (QED) is 0.748. The highest BCUT2D eigenvalue weighted by Crippen LogP contribution is 2.22. The van der Waals surface area contributed by atoms with E-state index in [1.54, 1.807) is 0 Å². The van der Waals surface area contributed by atoms with Gasteiger partial charge >= 0.3 is 0 Å². The van der Waals surface area contributed by atoms with Crippen molar-refractivity contribution in [3.8, 4) is 0 Å². The molecular weight excluding hydrogens is 228 g/mol. The molecule has 0 amide bonds. The van der Waals surface area contributed by atoms with Gasteiger partial charge < -0.3 is 0 Å². The number of nitrogens with zero attached hydrogens (tertiary/aromatic N) is 2. The molecule has 0 N–H and O–H groups in total. The van der Waals surface area contributed by atoms with Crippen molar-refractivity contribution in [2.45, 2.75) is 13.3 Å². The zero-order chi connectivity index (χ0) is 9.42. The third kappa shape index (κ3) is 1.37. The summed E-state index contributed by atoms with van der Waals surface area (Å²) in [5.41, 5.74) is 2.36. The van der Waals surface area contributed by atoms with Crippen LogP contribution in [0.25, 0.3) is 10.9 Å². The van der Waals surface area contributed by atoms with Gasteiger partial charge in [-0.05, 0) is 24.6 Å². The van der Waals surface area contributed by atoms with E-state index in [9.17, 15) is 0 Å². The van der Waals surface area contributed by atoms with Crippen LogP contribution in [0.15, 0.2) is 22.7 Å². The van der Waals surface area contributed by atoms with Gasteiger partial charge in [-0.1, -0.05) is 22.9 Å². The molecule has 0 fully saturated rings. The smallest absolute Gasteiger partial charge is 0.0700 e. The lowest BCUT2D eigenvalue weighted by Crippen LogP contribution is -1.90. The Bertz CT molecular complexity index is 445. The summed E-state index contributed by atoms with van der Waals surface area (Å²) in [6.45, 7) is 2.13. The second kappa shape index (κ2) is 3.14. The van der Waals surface area contributed by atoms with Crippen LogP contribution in [0.1, 0.15) is 12.6 Å². The molecule has 13 heavy (non-hydrogen) atoms. The Balaban J connectivity index is 2.80. The van der Waals surface area contributed by atoms with E-state index in [0.29, 0.717) is 0 Å². The minimum absolute atomic E-state index is 0.985. The van der Waals surface area contributed by atoms with Crippen molar-refractivity contribution in [1.29, 1.82) is 0 Å². The molecule has 0 saturated heterocycles. The van der Waals surface area contributed by atoms with Gasteiger partial charge in [0.15, 0.2) is 0 Å². The third-order valence-electron chi connectivity index (χ3n) is 2.22. The van der Waals surface area contributed by atoms with Gasteiger partial charge in [-0.2, -0.15) is 5.10 Å². The highest BCUT2D eigenvalue weighted by molar-refractivity contribution is 9.10. The molecule has 0 unspecified atom stereocenters. The van der Waals surface area contributed by atoms with E-state index in [4.69, 9.17) is 0 Å². The molecule has 0 saturated carbocycles. The Labute approximate surface area is 85.7 Å². The lowest BCUT2D eigenvalue weighted by atomic mass is 10.2. The van der Waals surface area contributed by atoms with Crippen LogP contribution in [-0.2, 0) is 13.5 Å². The van der Waals surface area contributed by atoms with Crippen LogP contribution in [-0.4, -0.2) is 9.78 Å². The fourth-order valence-electron chi connectivity index (χ4n) is 1.57. The monoisotopic (exact) mass is 238 g/mol. The van der Waals surface area contributed by atoms with Crippen molar-refractivity contribution in [3.63, 3.8) is 0 Å². The van der Waals surface area contributed by atoms with Crippen molar-refractivity contribution in [2.24, 2.45) is 7.05 Å². The third-order valence-corrected chi connectivity index (χ3v) is 2.72. The fourth-order valence-corrected chi connectivity index (χ4v) is 1.92. The fraction of sp³-hybridized carbons (Fsp3) is 0.300. The summed E-state index contributed by atoms with van der Waals surface area (Å²) in [5.74, 6) is 0. The molecule has 0 radical (unpaired) electrons. The average molecular weight is 239 g/mol. The normalized spacial score (nSPS) is 11.0. The highest BCUT2D eigenvalue weighted by atomic mass is 79.9. The van der Waals surface area contributed by atoms with E-state index in [-0.39, 0.29) is 0 Å². The maximum atomic E-state index is 4.45. The van der Waals surface area contributed by atoms with E-state index in [0.717, 1.165) is 10.9 Å². The minimum Gasteiger partial charge on any atom is -0.268 e. The van der Waals surface area contributed by atoms with E-state index in [2.05, 4.69) is 46.2 Å². The van der Waals surface area contributed by atoms with Crippen LogP contribution in [0.2, 0.25) is 0 Å². The number of benzene rings is 1. The van der Waals surface area contributed by atoms with Gasteiger partial charge in [-0.25, -0.2) is 0 Å². The van der Waals surface area contributed by atoms with E-state index >= 15 is 0 Å². The molecule has 1 aromatic heterocycles. The first-order valence-corrected chi connectivity index (χ1v) is 5.13. The van der Waals surface area contributed by atoms with Crippen LogP contribution in [0.4, 0.5) is 0 Å². The molecule has 1 aromatic carbocycles. The van der Waals surface area contributed by atoms with Crippen molar-refractivity contribution in [1.82, 2.24) is 9.78 Å². The van der Waals surface area contributed by atoms with Crippen LogP contribution >= 0.6 is 15.9 Å². The number of halogens is 1. The van der Waals surface area contributed by atoms with Crippen molar-refractivity contribution < 1.29 is 0 Å². The molecule has 0 spiro atoms. The summed E-state index contributed by atoms with van der Waals surface area (Å²) in [6.07, 6.45) is 0.985. The van der Waals surface area contributed by atoms with Gasteiger partial charge in [-0.3, -0.25) is 4.68 Å². The van der Waals surface area contributed by atoms with Crippen molar-refractivity contribution in [2.75, 3.05) is 0 Å². The molecule has 0 atom stereocenters. The number of rotatable bonds is 1. The van der Waals surface area contributed by atoms with Crippen molar-refractivity contribution >= 4 is 26.8 Å². The Hall–Kier alpha value is -0.830. The minimum atomic E-state index is 0.985. The topological polar surface area (TPSA) is 17.8 Å². The van der Waals surface area contributed by atoms with Crippen LogP contribution in [0, 0.1) is 0 Å². The number of hydrogen-bond acceptors (Lipinski definition) is 1. The first-order chi connectivity index (χ1) is 6.22. The van der Waals surface area contributed by atoms with Gasteiger partial charge in [0.2, 0.25) is 0 Å². The van der Waals surface area contributed by atoms with Gasteiger partial charge in [0.05, 0.1) is 11.2 Å². The van der Waals surface area contributed by atoms with Crippen molar-refractivity contribution in [3.05, 3.63) is 28.4 Å². The van der Waals surface area contributed by atoms with Crippen LogP contribution in [0.3, 0.4) is 0 Å². The van der Waals surface area contributed by atoms with Crippen LogP contribution in [0.5, 0.6) is 0 Å². The summed E-state index contributed by atoms with van der Waals surface area (Å²) in [7, 11) is 1.98. The molecule has 68 valence electrons. The molecule has 2 nitrogen and oxygen atoms in total. The largest absolute Gasteiger partial charge is 0.268 e. The second-order valence-corrected chi connectivity index (χ2v) is 4.00. The zero-order valence-corrected chi connectivity index (χ0v) is 9.30. The number of aromatic nitrogens is 2. The molecule has 0 aliphatic rings. The second-order valence-electron chi connectivity index (χ2n) is 3.09. The van der Waals surface area contributed by atoms with Gasteiger partial charge in [0.1, 0.15) is 0 Å². The first-order valence-electron chi connectivity index (χ1n) is 4.33. The molecule has 3 heteroatoms. The molecule has 2 rings (SSSR count). The summed E-state index contributed by atoms with van der Waals surface area (Å²) in [5, 5.41) is 5.70. The van der Waals surface area contributed by atoms with Crippen LogP contribution < -0.4 is 0 Å². The maximum Gasteiger partial charge on any atom is 0.0700 e. The Kier molecular flexibility index (Phi) is 2.12. The van der Waals surface area contributed by atoms with E-state index < -0.39 is 0 Å². The maximum absolute atomic E-state index is 4.45. The lowest BCUT2D eigenvalue weighted by molar-refractivity contribution is 0.770. The van der Waals surface area contributed by atoms with Gasteiger partial charge in [0.25, 0.3) is 0 Å². The summed E-state index contributed by atoms with van der Waals surface area (Å²) < 4.78 is 3.03. The molecular formula is C10H11BrN2. The summed E-state index contributed by atoms with van der Waals surface area (Å²) >= 11 is 3.46. The average Bonchev–Trinajstić information content (AvgIpc) is 2.43. The SMILES string of the molecule is CCc1nn(C)c2cc(Br)ccc12. The zero-order valence-electron chi connectivity index (χ0n) is 7.71. The molecule has 0 aliphatic carbocycles. The lowest BCUT2D eigenvalue weighted by Gasteiger charge is -1.94. The predicted molar refractivity (Wildman–Crippen MR) is 57.8 cm³/mol. The molecule has 2 aromatic rings. The standard InChI is InChI=1S/C10H11BrN2/c1-3-9-8-5-4-7(11)6-10(8)13(2)12-9/h4-6H,3H2,1-2H3. The number of fused-ring (bicyclic) bond motifs is 1. The van der Waals surface area contributed by atoms with E-state index in [1.807, 2.05) is 11.7 Å². The summed E-state index contributed by atoms with van der Waals surface area (Å²) in [6, 6.07) is 6.27. The van der Waals surface area contributed by atoms with Gasteiger partial charge in [-0.15, -0.1) is 0 Å². The Morgan fingerprint density at radius 1 is 1.46 bits per heavy atom. The Morgan fingerprint density at radius 2 is 2.23 bits per heavy atom. The first kappa shape index (κ1) is 8.75. The number of aryl methyl sites for hydroxylation is 2. The molecule has 0 bridgehead atoms. The van der Waals surface area contributed by atoms with Gasteiger partial charge in [0, 0.05) is 16.9 Å². The molecule has 0 aliphatic heterocycles. The highest BCUT2D eigenvalue weighted by Gasteiger charge is 2.05. The van der Waals surface area contributed by atoms with E-state index in [1.165, 1.54) is 16.6 Å². The predicted octanol–water partition coefficient (Wildman–Crippen LogP) is 2.90. The number of hydrogen-bond donors (Lipinski definition) is 0. The Morgan fingerprint density at radius 3 is 2.92 bits per heavy atom. The summed E-state index contributed by atoms with van der Waals surface area (Å²) in [4.78, 5) is 0. The molecule has 1 heterocycles.